The monoisotopic (exact) mass is 457 g/mol. The van der Waals surface area contributed by atoms with Crippen molar-refractivity contribution >= 4 is 33.2 Å². The van der Waals surface area contributed by atoms with E-state index in [-0.39, 0.29) is 42.3 Å². The van der Waals surface area contributed by atoms with E-state index in [9.17, 15) is 18.0 Å². The molecule has 0 unspecified atom stereocenters. The van der Waals surface area contributed by atoms with E-state index in [0.717, 1.165) is 16.8 Å². The van der Waals surface area contributed by atoms with E-state index >= 15 is 0 Å². The highest BCUT2D eigenvalue weighted by Crippen LogP contribution is 2.35. The van der Waals surface area contributed by atoms with Crippen LogP contribution in [0.15, 0.2) is 35.2 Å². The second kappa shape index (κ2) is 8.55. The number of hydrogen-bond donors (Lipinski definition) is 2. The quantitative estimate of drug-likeness (QED) is 0.734. The first-order chi connectivity index (χ1) is 15.2. The molecule has 2 heterocycles. The lowest BCUT2D eigenvalue weighted by molar-refractivity contribution is -0.121. The van der Waals surface area contributed by atoms with Gasteiger partial charge in [0, 0.05) is 30.8 Å². The first kappa shape index (κ1) is 22.3. The largest absolute Gasteiger partial charge is 0.482 e. The van der Waals surface area contributed by atoms with Gasteiger partial charge in [0.2, 0.25) is 15.9 Å². The highest BCUT2D eigenvalue weighted by molar-refractivity contribution is 7.89. The summed E-state index contributed by atoms with van der Waals surface area (Å²) in [7, 11) is -3.75. The lowest BCUT2D eigenvalue weighted by Crippen LogP contribution is -2.41. The Morgan fingerprint density at radius 2 is 1.84 bits per heavy atom. The van der Waals surface area contributed by atoms with Crippen LogP contribution in [0.1, 0.15) is 29.5 Å². The molecule has 2 aromatic rings. The van der Waals surface area contributed by atoms with Crippen molar-refractivity contribution in [1.29, 1.82) is 0 Å². The summed E-state index contributed by atoms with van der Waals surface area (Å²) < 4.78 is 33.4. The smallest absolute Gasteiger partial charge is 0.262 e. The number of carbonyl (C=O) groups is 2. The van der Waals surface area contributed by atoms with Crippen LogP contribution in [0.25, 0.3) is 0 Å². The van der Waals surface area contributed by atoms with Crippen LogP contribution in [0.5, 0.6) is 5.75 Å². The van der Waals surface area contributed by atoms with E-state index in [1.807, 2.05) is 32.0 Å². The third kappa shape index (κ3) is 4.22. The summed E-state index contributed by atoms with van der Waals surface area (Å²) in [6.45, 7) is 6.05. The summed E-state index contributed by atoms with van der Waals surface area (Å²) in [5.41, 5.74) is 3.93. The zero-order valence-corrected chi connectivity index (χ0v) is 19.2. The zero-order valence-electron chi connectivity index (χ0n) is 18.4. The van der Waals surface area contributed by atoms with Crippen molar-refractivity contribution in [2.24, 2.45) is 5.92 Å². The number of nitrogens with zero attached hydrogens (tertiary/aromatic N) is 1. The normalized spacial score (nSPS) is 17.3. The molecule has 1 saturated heterocycles. The van der Waals surface area contributed by atoms with Gasteiger partial charge < -0.3 is 15.4 Å². The molecule has 2 N–H and O–H groups in total. The summed E-state index contributed by atoms with van der Waals surface area (Å²) in [5, 5.41) is 5.68. The fourth-order valence-electron chi connectivity index (χ4n) is 4.11. The number of aryl methyl sites for hydroxylation is 2. The fraction of sp³-hybridized carbons (Fsp3) is 0.391. The Kier molecular flexibility index (Phi) is 5.96. The van der Waals surface area contributed by atoms with Crippen LogP contribution >= 0.6 is 0 Å². The zero-order chi connectivity index (χ0) is 23.0. The standard InChI is InChI=1S/C23H27N3O5S/c1-14-5-4-6-18(16(14)3)25-23(28)17-7-9-26(10-8-17)32(29,30)21-12-20-19(11-15(21)2)24-22(27)13-31-20/h4-6,11-12,17H,7-10,13H2,1-3H3,(H,24,27)(H,25,28). The molecule has 2 aliphatic rings. The number of nitrogens with one attached hydrogen (secondary N) is 2. The minimum absolute atomic E-state index is 0.0788. The molecule has 0 aromatic heterocycles. The van der Waals surface area contributed by atoms with Gasteiger partial charge in [0.05, 0.1) is 10.6 Å². The van der Waals surface area contributed by atoms with Crippen LogP contribution in [0.2, 0.25) is 0 Å². The van der Waals surface area contributed by atoms with E-state index in [1.54, 1.807) is 13.0 Å². The maximum absolute atomic E-state index is 13.3. The lowest BCUT2D eigenvalue weighted by atomic mass is 9.97. The van der Waals surface area contributed by atoms with Crippen molar-refractivity contribution in [2.45, 2.75) is 38.5 Å². The highest BCUT2D eigenvalue weighted by Gasteiger charge is 2.34. The van der Waals surface area contributed by atoms with E-state index in [1.165, 1.54) is 10.4 Å². The van der Waals surface area contributed by atoms with Gasteiger partial charge >= 0.3 is 0 Å². The van der Waals surface area contributed by atoms with Crippen LogP contribution in [-0.2, 0) is 19.6 Å². The van der Waals surface area contributed by atoms with Gasteiger partial charge in [0.15, 0.2) is 6.61 Å². The Morgan fingerprint density at radius 1 is 1.12 bits per heavy atom. The molecular formula is C23H27N3O5S. The molecule has 8 nitrogen and oxygen atoms in total. The topological polar surface area (TPSA) is 105 Å². The Bertz CT molecular complexity index is 1180. The van der Waals surface area contributed by atoms with Gasteiger partial charge in [0.25, 0.3) is 5.91 Å². The number of amides is 2. The number of sulfonamides is 1. The Morgan fingerprint density at radius 3 is 2.56 bits per heavy atom. The SMILES string of the molecule is Cc1cc2c(cc1S(=O)(=O)N1CCC(C(=O)Nc3cccc(C)c3C)CC1)OCC(=O)N2. The number of benzene rings is 2. The van der Waals surface area contributed by atoms with Crippen molar-refractivity contribution in [1.82, 2.24) is 4.31 Å². The maximum Gasteiger partial charge on any atom is 0.262 e. The van der Waals surface area contributed by atoms with Crippen molar-refractivity contribution in [2.75, 3.05) is 30.3 Å². The van der Waals surface area contributed by atoms with Gasteiger partial charge in [-0.05, 0) is 62.4 Å². The summed E-state index contributed by atoms with van der Waals surface area (Å²) in [6.07, 6.45) is 0.902. The molecule has 2 aliphatic heterocycles. The third-order valence-corrected chi connectivity index (χ3v) is 8.26. The summed E-state index contributed by atoms with van der Waals surface area (Å²) in [6, 6.07) is 8.87. The summed E-state index contributed by atoms with van der Waals surface area (Å²) >= 11 is 0. The second-order valence-electron chi connectivity index (χ2n) is 8.37. The van der Waals surface area contributed by atoms with Crippen LogP contribution < -0.4 is 15.4 Å². The molecule has 170 valence electrons. The number of fused-ring (bicyclic) bond motifs is 1. The number of hydrogen-bond acceptors (Lipinski definition) is 5. The first-order valence-corrected chi connectivity index (χ1v) is 12.1. The Hall–Kier alpha value is -2.91. The summed E-state index contributed by atoms with van der Waals surface area (Å²) in [5.74, 6) is -0.250. The van der Waals surface area contributed by atoms with Gasteiger partial charge in [-0.3, -0.25) is 9.59 Å². The molecule has 2 aromatic carbocycles. The Balaban J connectivity index is 1.45. The molecule has 0 atom stereocenters. The molecule has 0 spiro atoms. The molecule has 0 aliphatic carbocycles. The summed E-state index contributed by atoms with van der Waals surface area (Å²) in [4.78, 5) is 24.4. The van der Waals surface area contributed by atoms with Crippen molar-refractivity contribution in [3.8, 4) is 5.75 Å². The number of ether oxygens (including phenoxy) is 1. The van der Waals surface area contributed by atoms with Gasteiger partial charge in [-0.1, -0.05) is 12.1 Å². The minimum Gasteiger partial charge on any atom is -0.482 e. The number of carbonyl (C=O) groups excluding carboxylic acids is 2. The molecule has 4 rings (SSSR count). The van der Waals surface area contributed by atoms with Gasteiger partial charge in [-0.2, -0.15) is 4.31 Å². The molecule has 1 fully saturated rings. The molecule has 0 saturated carbocycles. The van der Waals surface area contributed by atoms with Crippen molar-refractivity contribution in [3.63, 3.8) is 0 Å². The van der Waals surface area contributed by atoms with Gasteiger partial charge in [-0.25, -0.2) is 8.42 Å². The number of rotatable bonds is 4. The van der Waals surface area contributed by atoms with Crippen LogP contribution in [-0.4, -0.2) is 44.2 Å². The van der Waals surface area contributed by atoms with Crippen LogP contribution in [0.4, 0.5) is 11.4 Å². The van der Waals surface area contributed by atoms with Gasteiger partial charge in [0.1, 0.15) is 5.75 Å². The van der Waals surface area contributed by atoms with E-state index < -0.39 is 10.0 Å². The average Bonchev–Trinajstić information content (AvgIpc) is 2.76. The van der Waals surface area contributed by atoms with Crippen LogP contribution in [0, 0.1) is 26.7 Å². The number of anilines is 2. The molecular weight excluding hydrogens is 430 g/mol. The second-order valence-corrected chi connectivity index (χ2v) is 10.3. The molecule has 0 radical (unpaired) electrons. The van der Waals surface area contributed by atoms with E-state index in [4.69, 9.17) is 4.74 Å². The van der Waals surface area contributed by atoms with E-state index in [2.05, 4.69) is 10.6 Å². The molecule has 32 heavy (non-hydrogen) atoms. The predicted octanol–water partition coefficient (Wildman–Crippen LogP) is 2.98. The maximum atomic E-state index is 13.3. The van der Waals surface area contributed by atoms with Crippen molar-refractivity contribution < 1.29 is 22.7 Å². The fourth-order valence-corrected chi connectivity index (χ4v) is 5.80. The average molecular weight is 458 g/mol. The number of piperidine rings is 1. The van der Waals surface area contributed by atoms with Gasteiger partial charge in [-0.15, -0.1) is 0 Å². The highest BCUT2D eigenvalue weighted by atomic mass is 32.2. The Labute approximate surface area is 188 Å². The predicted molar refractivity (Wildman–Crippen MR) is 121 cm³/mol. The van der Waals surface area contributed by atoms with E-state index in [0.29, 0.717) is 29.8 Å². The lowest BCUT2D eigenvalue weighted by Gasteiger charge is -2.31. The van der Waals surface area contributed by atoms with Crippen molar-refractivity contribution in [3.05, 3.63) is 47.0 Å². The minimum atomic E-state index is -3.75. The first-order valence-electron chi connectivity index (χ1n) is 10.6. The molecule has 0 bridgehead atoms. The molecule has 2 amide bonds. The molecule has 9 heteroatoms. The third-order valence-electron chi connectivity index (χ3n) is 6.22. The van der Waals surface area contributed by atoms with Crippen LogP contribution in [0.3, 0.4) is 0 Å².